The van der Waals surface area contributed by atoms with Crippen molar-refractivity contribution in [2.75, 3.05) is 0 Å². The largest absolute Gasteiger partial charge is 0.493 e. The second kappa shape index (κ2) is 3.18. The minimum Gasteiger partial charge on any atom is -0.493 e. The van der Waals surface area contributed by atoms with Gasteiger partial charge in [0.05, 0.1) is 11.4 Å². The lowest BCUT2D eigenvalue weighted by Crippen LogP contribution is -1.95. The van der Waals surface area contributed by atoms with Gasteiger partial charge in [-0.2, -0.15) is 0 Å². The summed E-state index contributed by atoms with van der Waals surface area (Å²) < 4.78 is 1.73. The van der Waals surface area contributed by atoms with Crippen molar-refractivity contribution in [2.45, 2.75) is 13.8 Å². The molecule has 0 radical (unpaired) electrons. The van der Waals surface area contributed by atoms with Gasteiger partial charge in [0, 0.05) is 0 Å². The molecule has 0 bridgehead atoms. The van der Waals surface area contributed by atoms with Gasteiger partial charge in [-0.15, -0.1) is 0 Å². The van der Waals surface area contributed by atoms with Crippen LogP contribution >= 0.6 is 0 Å². The molecule has 1 heterocycles. The van der Waals surface area contributed by atoms with Gasteiger partial charge >= 0.3 is 0 Å². The monoisotopic (exact) mass is 188 g/mol. The molecule has 0 fully saturated rings. The van der Waals surface area contributed by atoms with E-state index in [0.29, 0.717) is 5.69 Å². The molecular weight excluding hydrogens is 176 g/mol. The zero-order valence-corrected chi connectivity index (χ0v) is 8.23. The Morgan fingerprint density at radius 1 is 1.14 bits per heavy atom. The average molecular weight is 188 g/mol. The molecule has 1 N–H and O–H groups in total. The third-order valence-electron chi connectivity index (χ3n) is 2.20. The number of aromatic hydroxyl groups is 1. The molecule has 1 aromatic carbocycles. The van der Waals surface area contributed by atoms with Crippen LogP contribution in [0.3, 0.4) is 0 Å². The number of aromatic nitrogens is 2. The summed E-state index contributed by atoms with van der Waals surface area (Å²) in [5, 5.41) is 9.77. The van der Waals surface area contributed by atoms with E-state index >= 15 is 0 Å². The predicted molar refractivity (Wildman–Crippen MR) is 54.7 cm³/mol. The fourth-order valence-corrected chi connectivity index (χ4v) is 1.54. The summed E-state index contributed by atoms with van der Waals surface area (Å²) in [6, 6.07) is 9.69. The van der Waals surface area contributed by atoms with E-state index in [-0.39, 0.29) is 5.88 Å². The Bertz CT molecular complexity index is 446. The van der Waals surface area contributed by atoms with Gasteiger partial charge in [0.2, 0.25) is 5.88 Å². The first-order valence-electron chi connectivity index (χ1n) is 4.50. The maximum atomic E-state index is 9.77. The number of para-hydroxylation sites is 1. The zero-order valence-electron chi connectivity index (χ0n) is 8.23. The van der Waals surface area contributed by atoms with Gasteiger partial charge in [0.25, 0.3) is 0 Å². The van der Waals surface area contributed by atoms with Gasteiger partial charge in [-0.05, 0) is 26.0 Å². The molecule has 14 heavy (non-hydrogen) atoms. The first kappa shape index (κ1) is 8.81. The highest BCUT2D eigenvalue weighted by molar-refractivity contribution is 5.39. The van der Waals surface area contributed by atoms with Crippen LogP contribution in [0, 0.1) is 13.8 Å². The Morgan fingerprint density at radius 3 is 2.29 bits per heavy atom. The van der Waals surface area contributed by atoms with Crippen molar-refractivity contribution in [1.29, 1.82) is 0 Å². The second-order valence-electron chi connectivity index (χ2n) is 3.24. The van der Waals surface area contributed by atoms with E-state index in [1.807, 2.05) is 37.3 Å². The number of nitrogens with zero attached hydrogens (tertiary/aromatic N) is 2. The van der Waals surface area contributed by atoms with Crippen molar-refractivity contribution >= 4 is 0 Å². The molecule has 0 aliphatic rings. The first-order chi connectivity index (χ1) is 6.70. The standard InChI is InChI=1S/C11H12N2O/c1-8-11(14)13(9(2)12-8)10-6-4-3-5-7-10/h3-7,14H,1-2H3. The van der Waals surface area contributed by atoms with Gasteiger partial charge in [-0.3, -0.25) is 4.57 Å². The highest BCUT2D eigenvalue weighted by Crippen LogP contribution is 2.22. The van der Waals surface area contributed by atoms with Crippen molar-refractivity contribution in [1.82, 2.24) is 9.55 Å². The number of aryl methyl sites for hydroxylation is 2. The van der Waals surface area contributed by atoms with Crippen molar-refractivity contribution in [2.24, 2.45) is 0 Å². The molecule has 0 unspecified atom stereocenters. The molecule has 0 aliphatic carbocycles. The van der Waals surface area contributed by atoms with E-state index in [1.54, 1.807) is 11.5 Å². The van der Waals surface area contributed by atoms with Crippen molar-refractivity contribution in [3.8, 4) is 11.6 Å². The predicted octanol–water partition coefficient (Wildman–Crippen LogP) is 2.19. The van der Waals surface area contributed by atoms with Crippen LogP contribution in [0.5, 0.6) is 5.88 Å². The minimum atomic E-state index is 0.216. The Morgan fingerprint density at radius 2 is 1.79 bits per heavy atom. The number of benzene rings is 1. The number of rotatable bonds is 1. The molecule has 3 nitrogen and oxygen atoms in total. The smallest absolute Gasteiger partial charge is 0.219 e. The Hall–Kier alpha value is -1.77. The third kappa shape index (κ3) is 1.27. The molecule has 2 aromatic rings. The molecule has 0 saturated carbocycles. The SMILES string of the molecule is Cc1nc(C)n(-c2ccccc2)c1O. The van der Waals surface area contributed by atoms with E-state index < -0.39 is 0 Å². The van der Waals surface area contributed by atoms with Gasteiger partial charge in [0.1, 0.15) is 5.82 Å². The second-order valence-corrected chi connectivity index (χ2v) is 3.24. The Balaban J connectivity index is 2.62. The normalized spacial score (nSPS) is 10.4. The van der Waals surface area contributed by atoms with E-state index in [4.69, 9.17) is 0 Å². The van der Waals surface area contributed by atoms with Crippen LogP contribution in [-0.4, -0.2) is 14.7 Å². The van der Waals surface area contributed by atoms with Crippen molar-refractivity contribution in [3.05, 3.63) is 41.9 Å². The lowest BCUT2D eigenvalue weighted by Gasteiger charge is -2.05. The molecule has 2 rings (SSSR count). The molecule has 0 saturated heterocycles. The maximum Gasteiger partial charge on any atom is 0.219 e. The average Bonchev–Trinajstić information content (AvgIpc) is 2.43. The highest BCUT2D eigenvalue weighted by Gasteiger charge is 2.10. The quantitative estimate of drug-likeness (QED) is 0.745. The minimum absolute atomic E-state index is 0.216. The lowest BCUT2D eigenvalue weighted by atomic mass is 10.3. The Kier molecular flexibility index (Phi) is 2.00. The highest BCUT2D eigenvalue weighted by atomic mass is 16.3. The van der Waals surface area contributed by atoms with Gasteiger partial charge in [-0.1, -0.05) is 18.2 Å². The van der Waals surface area contributed by atoms with Crippen LogP contribution in [0.1, 0.15) is 11.5 Å². The molecular formula is C11H12N2O. The molecule has 0 spiro atoms. The number of imidazole rings is 1. The van der Waals surface area contributed by atoms with Gasteiger partial charge in [-0.25, -0.2) is 4.98 Å². The topological polar surface area (TPSA) is 38.0 Å². The lowest BCUT2D eigenvalue weighted by molar-refractivity contribution is 0.437. The van der Waals surface area contributed by atoms with Crippen LogP contribution in [0.4, 0.5) is 0 Å². The molecule has 72 valence electrons. The van der Waals surface area contributed by atoms with Crippen LogP contribution < -0.4 is 0 Å². The maximum absolute atomic E-state index is 9.77. The van der Waals surface area contributed by atoms with Crippen LogP contribution in [-0.2, 0) is 0 Å². The van der Waals surface area contributed by atoms with Crippen molar-refractivity contribution in [3.63, 3.8) is 0 Å². The van der Waals surface area contributed by atoms with Crippen LogP contribution in [0.2, 0.25) is 0 Å². The van der Waals surface area contributed by atoms with Crippen molar-refractivity contribution < 1.29 is 5.11 Å². The first-order valence-corrected chi connectivity index (χ1v) is 4.50. The van der Waals surface area contributed by atoms with Crippen LogP contribution in [0.25, 0.3) is 5.69 Å². The summed E-state index contributed by atoms with van der Waals surface area (Å²) in [6.07, 6.45) is 0. The van der Waals surface area contributed by atoms with E-state index in [2.05, 4.69) is 4.98 Å². The van der Waals surface area contributed by atoms with E-state index in [0.717, 1.165) is 11.5 Å². The summed E-state index contributed by atoms with van der Waals surface area (Å²) in [5.41, 5.74) is 1.59. The third-order valence-corrected chi connectivity index (χ3v) is 2.20. The zero-order chi connectivity index (χ0) is 10.1. The van der Waals surface area contributed by atoms with E-state index in [9.17, 15) is 5.11 Å². The van der Waals surface area contributed by atoms with Crippen LogP contribution in [0.15, 0.2) is 30.3 Å². The summed E-state index contributed by atoms with van der Waals surface area (Å²) in [6.45, 7) is 3.67. The van der Waals surface area contributed by atoms with Gasteiger partial charge < -0.3 is 5.11 Å². The Labute approximate surface area is 82.7 Å². The summed E-state index contributed by atoms with van der Waals surface area (Å²) in [4.78, 5) is 4.20. The molecule has 3 heteroatoms. The molecule has 0 atom stereocenters. The number of hydrogen-bond donors (Lipinski definition) is 1. The van der Waals surface area contributed by atoms with E-state index in [1.165, 1.54) is 0 Å². The summed E-state index contributed by atoms with van der Waals surface area (Å²) >= 11 is 0. The fourth-order valence-electron chi connectivity index (χ4n) is 1.54. The summed E-state index contributed by atoms with van der Waals surface area (Å²) in [5.74, 6) is 1.01. The van der Waals surface area contributed by atoms with Gasteiger partial charge in [0.15, 0.2) is 0 Å². The molecule has 0 aliphatic heterocycles. The molecule has 1 aromatic heterocycles. The molecule has 0 amide bonds. The summed E-state index contributed by atoms with van der Waals surface area (Å²) in [7, 11) is 0. The fraction of sp³-hybridized carbons (Fsp3) is 0.182. The number of hydrogen-bond acceptors (Lipinski definition) is 2.